The lowest BCUT2D eigenvalue weighted by atomic mass is 10.1. The third kappa shape index (κ3) is 2.75. The maximum Gasteiger partial charge on any atom is 0.257 e. The third-order valence-corrected chi connectivity index (χ3v) is 3.53. The number of hydrogen-bond donors (Lipinski definition) is 2. The number of carbonyl (C=O) groups excluding carboxylic acids is 1. The minimum atomic E-state index is -0.142. The number of anilines is 1. The zero-order valence-electron chi connectivity index (χ0n) is 10.7. The van der Waals surface area contributed by atoms with Gasteiger partial charge in [-0.15, -0.1) is 0 Å². The van der Waals surface area contributed by atoms with Crippen LogP contribution in [0.25, 0.3) is 0 Å². The van der Waals surface area contributed by atoms with Crippen molar-refractivity contribution in [3.63, 3.8) is 0 Å². The summed E-state index contributed by atoms with van der Waals surface area (Å²) in [5, 5.41) is 2.96. The van der Waals surface area contributed by atoms with Gasteiger partial charge < -0.3 is 15.8 Å². The number of amides is 1. The van der Waals surface area contributed by atoms with Gasteiger partial charge in [-0.1, -0.05) is 18.9 Å². The van der Waals surface area contributed by atoms with E-state index in [1.807, 2.05) is 0 Å². The first-order valence-corrected chi connectivity index (χ1v) is 6.43. The highest BCUT2D eigenvalue weighted by Crippen LogP contribution is 2.26. The standard InChI is InChI=1S/C14H20N2O2/c1-18-12-8-4-7-11(15)13(12)14(17)16-9-10-5-2-3-6-10/h4,7-8,10H,2-3,5-6,9,15H2,1H3,(H,16,17). The predicted octanol–water partition coefficient (Wildman–Crippen LogP) is 2.20. The highest BCUT2D eigenvalue weighted by atomic mass is 16.5. The number of hydrogen-bond acceptors (Lipinski definition) is 3. The van der Waals surface area contributed by atoms with Crippen molar-refractivity contribution in [1.82, 2.24) is 5.32 Å². The molecule has 1 aromatic rings. The van der Waals surface area contributed by atoms with E-state index in [2.05, 4.69) is 5.32 Å². The molecule has 0 spiro atoms. The zero-order chi connectivity index (χ0) is 13.0. The van der Waals surface area contributed by atoms with Crippen LogP contribution in [0, 0.1) is 5.92 Å². The molecule has 2 rings (SSSR count). The molecule has 0 heterocycles. The molecule has 0 aromatic heterocycles. The van der Waals surface area contributed by atoms with Crippen LogP contribution < -0.4 is 15.8 Å². The van der Waals surface area contributed by atoms with Gasteiger partial charge in [-0.25, -0.2) is 0 Å². The fourth-order valence-electron chi connectivity index (χ4n) is 2.50. The van der Waals surface area contributed by atoms with Crippen molar-refractivity contribution < 1.29 is 9.53 Å². The molecular formula is C14H20N2O2. The van der Waals surface area contributed by atoms with Crippen molar-refractivity contribution in [3.8, 4) is 5.75 Å². The first-order valence-electron chi connectivity index (χ1n) is 6.43. The molecule has 0 saturated heterocycles. The smallest absolute Gasteiger partial charge is 0.257 e. The molecule has 1 amide bonds. The van der Waals surface area contributed by atoms with Crippen molar-refractivity contribution >= 4 is 11.6 Å². The number of nitrogen functional groups attached to an aromatic ring is 1. The normalized spacial score (nSPS) is 15.6. The summed E-state index contributed by atoms with van der Waals surface area (Å²) in [6.07, 6.45) is 4.97. The summed E-state index contributed by atoms with van der Waals surface area (Å²) < 4.78 is 5.18. The van der Waals surface area contributed by atoms with E-state index in [-0.39, 0.29) is 5.91 Å². The average Bonchev–Trinajstić information content (AvgIpc) is 2.88. The second kappa shape index (κ2) is 5.76. The van der Waals surface area contributed by atoms with E-state index < -0.39 is 0 Å². The van der Waals surface area contributed by atoms with Crippen LogP contribution >= 0.6 is 0 Å². The number of ether oxygens (including phenoxy) is 1. The lowest BCUT2D eigenvalue weighted by Crippen LogP contribution is -2.29. The monoisotopic (exact) mass is 248 g/mol. The Morgan fingerprint density at radius 3 is 2.83 bits per heavy atom. The number of rotatable bonds is 4. The molecule has 1 saturated carbocycles. The predicted molar refractivity (Wildman–Crippen MR) is 71.7 cm³/mol. The molecule has 0 atom stereocenters. The minimum absolute atomic E-state index is 0.142. The molecule has 0 bridgehead atoms. The van der Waals surface area contributed by atoms with Crippen LogP contribution in [0.5, 0.6) is 5.75 Å². The SMILES string of the molecule is COc1cccc(N)c1C(=O)NCC1CCCC1. The van der Waals surface area contributed by atoms with Gasteiger partial charge in [0.15, 0.2) is 0 Å². The van der Waals surface area contributed by atoms with E-state index in [1.165, 1.54) is 25.7 Å². The summed E-state index contributed by atoms with van der Waals surface area (Å²) in [6.45, 7) is 0.732. The zero-order valence-corrected chi connectivity index (χ0v) is 10.7. The van der Waals surface area contributed by atoms with Crippen molar-refractivity contribution in [2.45, 2.75) is 25.7 Å². The first kappa shape index (κ1) is 12.7. The molecule has 0 aliphatic heterocycles. The van der Waals surface area contributed by atoms with Crippen molar-refractivity contribution in [3.05, 3.63) is 23.8 Å². The van der Waals surface area contributed by atoms with Gasteiger partial charge in [0, 0.05) is 12.2 Å². The summed E-state index contributed by atoms with van der Waals surface area (Å²) >= 11 is 0. The minimum Gasteiger partial charge on any atom is -0.496 e. The summed E-state index contributed by atoms with van der Waals surface area (Å²) in [5.41, 5.74) is 6.74. The maximum absolute atomic E-state index is 12.1. The van der Waals surface area contributed by atoms with Gasteiger partial charge >= 0.3 is 0 Å². The second-order valence-corrected chi connectivity index (χ2v) is 4.79. The van der Waals surface area contributed by atoms with Crippen molar-refractivity contribution in [1.29, 1.82) is 0 Å². The van der Waals surface area contributed by atoms with Crippen LogP contribution in [0.1, 0.15) is 36.0 Å². The van der Waals surface area contributed by atoms with Gasteiger partial charge in [-0.2, -0.15) is 0 Å². The lowest BCUT2D eigenvalue weighted by molar-refractivity contribution is 0.0945. The summed E-state index contributed by atoms with van der Waals surface area (Å²) in [7, 11) is 1.54. The van der Waals surface area contributed by atoms with Crippen LogP contribution in [-0.4, -0.2) is 19.6 Å². The molecule has 1 fully saturated rings. The Morgan fingerprint density at radius 2 is 2.17 bits per heavy atom. The number of methoxy groups -OCH3 is 1. The fourth-order valence-corrected chi connectivity index (χ4v) is 2.50. The molecule has 0 radical (unpaired) electrons. The quantitative estimate of drug-likeness (QED) is 0.803. The molecule has 4 nitrogen and oxygen atoms in total. The van der Waals surface area contributed by atoms with Crippen LogP contribution in [0.2, 0.25) is 0 Å². The summed E-state index contributed by atoms with van der Waals surface area (Å²) in [6, 6.07) is 5.25. The number of benzene rings is 1. The second-order valence-electron chi connectivity index (χ2n) is 4.79. The van der Waals surface area contributed by atoms with E-state index in [0.29, 0.717) is 22.9 Å². The van der Waals surface area contributed by atoms with E-state index in [4.69, 9.17) is 10.5 Å². The number of nitrogens with one attached hydrogen (secondary N) is 1. The van der Waals surface area contributed by atoms with Crippen molar-refractivity contribution in [2.24, 2.45) is 5.92 Å². The largest absolute Gasteiger partial charge is 0.496 e. The molecule has 0 unspecified atom stereocenters. The third-order valence-electron chi connectivity index (χ3n) is 3.53. The highest BCUT2D eigenvalue weighted by Gasteiger charge is 2.19. The molecule has 1 aliphatic carbocycles. The maximum atomic E-state index is 12.1. The van der Waals surface area contributed by atoms with Gasteiger partial charge in [0.05, 0.1) is 7.11 Å². The Kier molecular flexibility index (Phi) is 4.07. The van der Waals surface area contributed by atoms with Crippen LogP contribution in [0.4, 0.5) is 5.69 Å². The molecule has 98 valence electrons. The van der Waals surface area contributed by atoms with Gasteiger partial charge in [0.25, 0.3) is 5.91 Å². The molecule has 4 heteroatoms. The number of nitrogens with two attached hydrogens (primary N) is 1. The highest BCUT2D eigenvalue weighted by molar-refractivity contribution is 6.01. The van der Waals surface area contributed by atoms with Crippen LogP contribution in [-0.2, 0) is 0 Å². The van der Waals surface area contributed by atoms with Gasteiger partial charge in [0.1, 0.15) is 11.3 Å². The van der Waals surface area contributed by atoms with Gasteiger partial charge in [-0.05, 0) is 30.9 Å². The molecule has 18 heavy (non-hydrogen) atoms. The number of carbonyl (C=O) groups is 1. The van der Waals surface area contributed by atoms with Crippen LogP contribution in [0.15, 0.2) is 18.2 Å². The van der Waals surface area contributed by atoms with E-state index in [9.17, 15) is 4.79 Å². The Hall–Kier alpha value is -1.71. The fraction of sp³-hybridized carbons (Fsp3) is 0.500. The van der Waals surface area contributed by atoms with Crippen molar-refractivity contribution in [2.75, 3.05) is 19.4 Å². The van der Waals surface area contributed by atoms with Crippen LogP contribution in [0.3, 0.4) is 0 Å². The Labute approximate surface area is 108 Å². The van der Waals surface area contributed by atoms with E-state index in [0.717, 1.165) is 6.54 Å². The summed E-state index contributed by atoms with van der Waals surface area (Å²) in [5.74, 6) is 1.00. The summed E-state index contributed by atoms with van der Waals surface area (Å²) in [4.78, 5) is 12.1. The Morgan fingerprint density at radius 1 is 1.44 bits per heavy atom. The lowest BCUT2D eigenvalue weighted by Gasteiger charge is -2.14. The topological polar surface area (TPSA) is 64.3 Å². The Bertz CT molecular complexity index is 426. The van der Waals surface area contributed by atoms with E-state index in [1.54, 1.807) is 25.3 Å². The van der Waals surface area contributed by atoms with E-state index >= 15 is 0 Å². The molecule has 1 aliphatic rings. The van der Waals surface area contributed by atoms with Gasteiger partial charge in [-0.3, -0.25) is 4.79 Å². The van der Waals surface area contributed by atoms with Gasteiger partial charge in [0.2, 0.25) is 0 Å². The first-order chi connectivity index (χ1) is 8.72. The average molecular weight is 248 g/mol. The molecule has 3 N–H and O–H groups in total. The Balaban J connectivity index is 2.03. The molecule has 1 aromatic carbocycles. The molecular weight excluding hydrogens is 228 g/mol.